The van der Waals surface area contributed by atoms with Crippen molar-refractivity contribution in [2.24, 2.45) is 0 Å². The third kappa shape index (κ3) is 11.7. The van der Waals surface area contributed by atoms with E-state index in [2.05, 4.69) is 42.3 Å². The van der Waals surface area contributed by atoms with Crippen molar-refractivity contribution in [1.29, 1.82) is 0 Å². The molecule has 1 aliphatic heterocycles. The number of rotatable bonds is 14. The van der Waals surface area contributed by atoms with Gasteiger partial charge < -0.3 is 33.9 Å². The van der Waals surface area contributed by atoms with Gasteiger partial charge in [-0.05, 0) is 63.6 Å². The lowest BCUT2D eigenvalue weighted by Gasteiger charge is -2.42. The van der Waals surface area contributed by atoms with Crippen LogP contribution in [0.15, 0.2) is 48.5 Å². The molecule has 3 rings (SSSR count). The highest BCUT2D eigenvalue weighted by Crippen LogP contribution is 2.45. The zero-order valence-electron chi connectivity index (χ0n) is 24.7. The number of likely N-dealkylation sites (tertiary alicyclic amines) is 1. The molecule has 2 aromatic rings. The van der Waals surface area contributed by atoms with Crippen LogP contribution in [0.4, 0.5) is 13.2 Å². The topological polar surface area (TPSA) is 71.5 Å². The summed E-state index contributed by atoms with van der Waals surface area (Å²) in [6.07, 6.45) is -1.34. The van der Waals surface area contributed by atoms with Crippen LogP contribution in [-0.4, -0.2) is 101 Å². The second-order valence-electron chi connectivity index (χ2n) is 10.4. The standard InChI is InChI=1S/C23H29NO3.C8H16F3NO2/c1-24-13-11-23(12-14-24,20-6-3-2-4-7-20)21-18-19(8-9-22(21)26)10-17-27-16-5-15-25;1-12(5-4-8(9,10)11)6-7(13-2)14-3/h2-4,6-9,15,18,26H,5,10-14,16-17H2,1H3;7H,4-6H2,1-3H3. The van der Waals surface area contributed by atoms with E-state index in [9.17, 15) is 23.1 Å². The van der Waals surface area contributed by atoms with E-state index in [-0.39, 0.29) is 12.0 Å². The lowest BCUT2D eigenvalue weighted by molar-refractivity contribution is -0.144. The van der Waals surface area contributed by atoms with Gasteiger partial charge in [0.1, 0.15) is 12.0 Å². The summed E-state index contributed by atoms with van der Waals surface area (Å²) in [6.45, 7) is 3.34. The van der Waals surface area contributed by atoms with Gasteiger partial charge in [0.2, 0.25) is 0 Å². The number of aromatic hydroxyl groups is 1. The molecule has 0 saturated carbocycles. The Hall–Kier alpha value is -2.50. The molecule has 10 heteroatoms. The summed E-state index contributed by atoms with van der Waals surface area (Å²) in [5, 5.41) is 10.7. The van der Waals surface area contributed by atoms with Gasteiger partial charge in [0, 0.05) is 44.7 Å². The molecule has 0 atom stereocenters. The van der Waals surface area contributed by atoms with E-state index < -0.39 is 18.9 Å². The summed E-state index contributed by atoms with van der Waals surface area (Å²) in [5.74, 6) is 0.369. The number of carbonyl (C=O) groups is 1. The van der Waals surface area contributed by atoms with Crippen molar-refractivity contribution in [2.75, 3.05) is 67.7 Å². The minimum atomic E-state index is -4.11. The molecule has 0 bridgehead atoms. The first kappa shape index (κ1) is 34.7. The number of carbonyl (C=O) groups excluding carboxylic acids is 1. The van der Waals surface area contributed by atoms with E-state index in [0.29, 0.717) is 31.9 Å². The van der Waals surface area contributed by atoms with Gasteiger partial charge in [0.15, 0.2) is 6.29 Å². The van der Waals surface area contributed by atoms with Crippen LogP contribution in [0.3, 0.4) is 0 Å². The number of hydrogen-bond donors (Lipinski definition) is 1. The molecule has 0 aliphatic carbocycles. The van der Waals surface area contributed by atoms with E-state index in [4.69, 9.17) is 14.2 Å². The number of methoxy groups -OCH3 is 2. The molecule has 230 valence electrons. The molecule has 41 heavy (non-hydrogen) atoms. The maximum Gasteiger partial charge on any atom is 0.390 e. The fourth-order valence-corrected chi connectivity index (χ4v) is 4.93. The average Bonchev–Trinajstić information content (AvgIpc) is 2.96. The molecule has 0 unspecified atom stereocenters. The number of likely N-dealkylation sites (N-methyl/N-ethyl adjacent to an activating group) is 1. The van der Waals surface area contributed by atoms with Gasteiger partial charge in [0.05, 0.1) is 19.6 Å². The van der Waals surface area contributed by atoms with Crippen LogP contribution < -0.4 is 0 Å². The van der Waals surface area contributed by atoms with E-state index in [0.717, 1.165) is 49.8 Å². The monoisotopic (exact) mass is 582 g/mol. The predicted molar refractivity (Wildman–Crippen MR) is 153 cm³/mol. The van der Waals surface area contributed by atoms with Crippen LogP contribution in [0.5, 0.6) is 5.75 Å². The van der Waals surface area contributed by atoms with E-state index in [1.807, 2.05) is 18.2 Å². The molecule has 0 aromatic heterocycles. The van der Waals surface area contributed by atoms with Crippen molar-refractivity contribution < 1.29 is 37.3 Å². The number of nitrogens with zero attached hydrogens (tertiary/aromatic N) is 2. The Bertz CT molecular complexity index is 1010. The van der Waals surface area contributed by atoms with Crippen LogP contribution in [-0.2, 0) is 30.8 Å². The summed E-state index contributed by atoms with van der Waals surface area (Å²) in [5.41, 5.74) is 3.29. The van der Waals surface area contributed by atoms with Crippen molar-refractivity contribution in [3.05, 3.63) is 65.2 Å². The number of hydrogen-bond acceptors (Lipinski definition) is 7. The quantitative estimate of drug-likeness (QED) is 0.190. The van der Waals surface area contributed by atoms with Crippen molar-refractivity contribution in [1.82, 2.24) is 9.80 Å². The zero-order valence-corrected chi connectivity index (χ0v) is 24.7. The molecule has 1 N–H and O–H groups in total. The smallest absolute Gasteiger partial charge is 0.390 e. The Kier molecular flexibility index (Phi) is 14.8. The number of halogens is 3. The molecular formula is C31H45F3N2O5. The second kappa shape index (κ2) is 17.5. The Balaban J connectivity index is 0.000000357. The first-order valence-electron chi connectivity index (χ1n) is 13.9. The lowest BCUT2D eigenvalue weighted by Crippen LogP contribution is -2.41. The first-order valence-corrected chi connectivity index (χ1v) is 13.9. The maximum atomic E-state index is 11.8. The molecule has 1 saturated heterocycles. The third-order valence-electron chi connectivity index (χ3n) is 7.42. The predicted octanol–water partition coefficient (Wildman–Crippen LogP) is 5.04. The molecule has 1 aliphatic rings. The third-order valence-corrected chi connectivity index (χ3v) is 7.42. The molecule has 0 radical (unpaired) electrons. The van der Waals surface area contributed by atoms with Crippen LogP contribution in [0.25, 0.3) is 0 Å². The van der Waals surface area contributed by atoms with E-state index >= 15 is 0 Å². The normalized spacial score (nSPS) is 15.5. The Morgan fingerprint density at radius 1 is 1.07 bits per heavy atom. The molecular weight excluding hydrogens is 537 g/mol. The number of alkyl halides is 3. The van der Waals surface area contributed by atoms with Crippen molar-refractivity contribution in [3.63, 3.8) is 0 Å². The Morgan fingerprint density at radius 3 is 2.32 bits per heavy atom. The van der Waals surface area contributed by atoms with Crippen LogP contribution >= 0.6 is 0 Å². The second-order valence-corrected chi connectivity index (χ2v) is 10.4. The van der Waals surface area contributed by atoms with Gasteiger partial charge in [-0.25, -0.2) is 0 Å². The fraction of sp³-hybridized carbons (Fsp3) is 0.581. The maximum absolute atomic E-state index is 11.8. The molecule has 1 heterocycles. The number of benzene rings is 2. The van der Waals surface area contributed by atoms with Gasteiger partial charge in [-0.3, -0.25) is 0 Å². The number of phenolic OH excluding ortho intramolecular Hbond substituents is 1. The highest BCUT2D eigenvalue weighted by atomic mass is 19.4. The lowest BCUT2D eigenvalue weighted by atomic mass is 9.67. The van der Waals surface area contributed by atoms with Crippen LogP contribution in [0, 0.1) is 0 Å². The van der Waals surface area contributed by atoms with Gasteiger partial charge in [0.25, 0.3) is 0 Å². The van der Waals surface area contributed by atoms with Crippen LogP contribution in [0.1, 0.15) is 42.4 Å². The summed E-state index contributed by atoms with van der Waals surface area (Å²) in [4.78, 5) is 14.2. The number of aldehydes is 1. The summed E-state index contributed by atoms with van der Waals surface area (Å²) < 4.78 is 50.7. The average molecular weight is 583 g/mol. The first-order chi connectivity index (χ1) is 19.5. The number of ether oxygens (including phenoxy) is 3. The van der Waals surface area contributed by atoms with Gasteiger partial charge in [-0.15, -0.1) is 0 Å². The summed E-state index contributed by atoms with van der Waals surface area (Å²) >= 11 is 0. The van der Waals surface area contributed by atoms with E-state index in [1.54, 1.807) is 7.05 Å². The van der Waals surface area contributed by atoms with Gasteiger partial charge in [-0.1, -0.05) is 42.5 Å². The summed E-state index contributed by atoms with van der Waals surface area (Å²) in [7, 11) is 6.65. The van der Waals surface area contributed by atoms with Crippen molar-refractivity contribution >= 4 is 6.29 Å². The zero-order chi connectivity index (χ0) is 30.3. The fourth-order valence-electron chi connectivity index (χ4n) is 4.93. The highest BCUT2D eigenvalue weighted by molar-refractivity contribution is 5.49. The number of piperidine rings is 1. The minimum absolute atomic E-state index is 0.0489. The largest absolute Gasteiger partial charge is 0.508 e. The molecule has 1 fully saturated rings. The van der Waals surface area contributed by atoms with Crippen molar-refractivity contribution in [2.45, 2.75) is 50.0 Å². The Labute approximate surface area is 242 Å². The van der Waals surface area contributed by atoms with Gasteiger partial charge >= 0.3 is 6.18 Å². The van der Waals surface area contributed by atoms with Crippen molar-refractivity contribution in [3.8, 4) is 5.75 Å². The molecule has 2 aromatic carbocycles. The molecule has 0 amide bonds. The Morgan fingerprint density at radius 2 is 1.73 bits per heavy atom. The van der Waals surface area contributed by atoms with E-state index in [1.165, 1.54) is 24.7 Å². The number of phenols is 1. The minimum Gasteiger partial charge on any atom is -0.508 e. The summed E-state index contributed by atoms with van der Waals surface area (Å²) in [6, 6.07) is 16.5. The van der Waals surface area contributed by atoms with Crippen LogP contribution in [0.2, 0.25) is 0 Å². The SMILES string of the molecule is CN1CCC(c2ccccc2)(c2cc(CCOCCC=O)ccc2O)CC1.COC(CN(C)CCC(F)(F)F)OC. The van der Waals surface area contributed by atoms with Gasteiger partial charge in [-0.2, -0.15) is 13.2 Å². The molecule has 0 spiro atoms. The highest BCUT2D eigenvalue weighted by Gasteiger charge is 2.39. The molecule has 7 nitrogen and oxygen atoms in total.